The van der Waals surface area contributed by atoms with Gasteiger partial charge in [-0.25, -0.2) is 9.67 Å². The Labute approximate surface area is 174 Å². The van der Waals surface area contributed by atoms with E-state index in [4.69, 9.17) is 4.74 Å². The molecule has 0 spiro atoms. The molecule has 1 aromatic carbocycles. The lowest BCUT2D eigenvalue weighted by Gasteiger charge is -2.17. The number of hydrogen-bond acceptors (Lipinski definition) is 4. The minimum atomic E-state index is 0.00521. The number of pyridine rings is 1. The average molecular weight is 444 g/mol. The molecule has 0 aliphatic heterocycles. The summed E-state index contributed by atoms with van der Waals surface area (Å²) < 4.78 is 9.02. The molecule has 0 saturated heterocycles. The van der Waals surface area contributed by atoms with Crippen LogP contribution in [0.1, 0.15) is 55.2 Å². The van der Waals surface area contributed by atoms with Crippen LogP contribution in [0.2, 0.25) is 0 Å². The highest BCUT2D eigenvalue weighted by atomic mass is 79.9. The fourth-order valence-corrected chi connectivity index (χ4v) is 3.63. The number of nitrogens with zero attached hydrogens (tertiary/aromatic N) is 3. The predicted octanol–water partition coefficient (Wildman–Crippen LogP) is 5.57. The van der Waals surface area contributed by atoms with Crippen LogP contribution in [-0.2, 0) is 6.54 Å². The number of rotatable bonds is 8. The molecule has 0 aliphatic carbocycles. The summed E-state index contributed by atoms with van der Waals surface area (Å²) in [6, 6.07) is 7.93. The van der Waals surface area contributed by atoms with Gasteiger partial charge in [-0.2, -0.15) is 5.10 Å². The third-order valence-corrected chi connectivity index (χ3v) is 5.64. The van der Waals surface area contributed by atoms with E-state index in [0.717, 1.165) is 45.4 Å². The number of halogens is 1. The van der Waals surface area contributed by atoms with Gasteiger partial charge in [0, 0.05) is 27.2 Å². The van der Waals surface area contributed by atoms with Gasteiger partial charge in [-0.15, -0.1) is 0 Å². The molecule has 0 atom stereocenters. The summed E-state index contributed by atoms with van der Waals surface area (Å²) in [6.45, 7) is 9.14. The summed E-state index contributed by atoms with van der Waals surface area (Å²) in [7, 11) is 0. The van der Waals surface area contributed by atoms with E-state index in [1.807, 2.05) is 29.8 Å². The molecular formula is C22H26BrN3O2. The number of carbonyl (C=O) groups is 1. The first-order chi connectivity index (χ1) is 13.4. The van der Waals surface area contributed by atoms with Crippen molar-refractivity contribution < 1.29 is 9.53 Å². The number of Topliss-reactive ketones (excluding diaryl/α,β-unsaturated/α-hetero) is 1. The third kappa shape index (κ3) is 4.43. The van der Waals surface area contributed by atoms with Crippen LogP contribution >= 0.6 is 15.9 Å². The number of carbonyl (C=O) groups excluding carboxylic acids is 1. The summed E-state index contributed by atoms with van der Waals surface area (Å²) in [5.74, 6) is 1.43. The Bertz CT molecular complexity index is 993. The average Bonchev–Trinajstić information content (AvgIpc) is 2.99. The molecule has 5 nitrogen and oxygen atoms in total. The molecule has 0 fully saturated rings. The summed E-state index contributed by atoms with van der Waals surface area (Å²) in [4.78, 5) is 16.2. The fraction of sp³-hybridized carbons (Fsp3) is 0.409. The predicted molar refractivity (Wildman–Crippen MR) is 115 cm³/mol. The molecule has 148 valence electrons. The summed E-state index contributed by atoms with van der Waals surface area (Å²) >= 11 is 3.56. The fourth-order valence-electron chi connectivity index (χ4n) is 3.22. The molecule has 0 aliphatic rings. The van der Waals surface area contributed by atoms with Crippen molar-refractivity contribution in [2.24, 2.45) is 5.92 Å². The molecule has 0 bridgehead atoms. The molecule has 3 aromatic rings. The zero-order valence-electron chi connectivity index (χ0n) is 16.8. The Hall–Kier alpha value is -2.21. The number of aryl methyl sites for hydroxylation is 1. The van der Waals surface area contributed by atoms with Crippen LogP contribution in [0.4, 0.5) is 0 Å². The van der Waals surface area contributed by atoms with Crippen molar-refractivity contribution in [3.63, 3.8) is 0 Å². The molecule has 6 heteroatoms. The van der Waals surface area contributed by atoms with Gasteiger partial charge in [0.05, 0.1) is 18.8 Å². The molecule has 0 saturated carbocycles. The van der Waals surface area contributed by atoms with Gasteiger partial charge in [0.15, 0.2) is 11.4 Å². The zero-order valence-corrected chi connectivity index (χ0v) is 18.4. The normalized spacial score (nSPS) is 11.4. The highest BCUT2D eigenvalue weighted by molar-refractivity contribution is 9.10. The lowest BCUT2D eigenvalue weighted by molar-refractivity contribution is 0.101. The molecule has 0 amide bonds. The quantitative estimate of drug-likeness (QED) is 0.427. The van der Waals surface area contributed by atoms with Gasteiger partial charge in [0.25, 0.3) is 0 Å². The minimum absolute atomic E-state index is 0.00521. The Balaban J connectivity index is 1.93. The highest BCUT2D eigenvalue weighted by Gasteiger charge is 2.14. The van der Waals surface area contributed by atoms with Crippen LogP contribution < -0.4 is 4.74 Å². The van der Waals surface area contributed by atoms with Crippen molar-refractivity contribution in [2.45, 2.75) is 47.1 Å². The molecule has 0 N–H and O–H groups in total. The van der Waals surface area contributed by atoms with Crippen LogP contribution in [0, 0.1) is 12.8 Å². The van der Waals surface area contributed by atoms with Crippen molar-refractivity contribution in [1.82, 2.24) is 14.8 Å². The Morgan fingerprint density at radius 1 is 1.25 bits per heavy atom. The third-order valence-electron chi connectivity index (χ3n) is 5.15. The second-order valence-electron chi connectivity index (χ2n) is 7.14. The van der Waals surface area contributed by atoms with Crippen molar-refractivity contribution in [3.8, 4) is 5.75 Å². The van der Waals surface area contributed by atoms with E-state index in [-0.39, 0.29) is 5.78 Å². The largest absolute Gasteiger partial charge is 0.493 e. The van der Waals surface area contributed by atoms with Gasteiger partial charge in [-0.05, 0) is 44.0 Å². The highest BCUT2D eigenvalue weighted by Crippen LogP contribution is 2.27. The van der Waals surface area contributed by atoms with Crippen LogP contribution in [0.25, 0.3) is 11.0 Å². The maximum atomic E-state index is 11.7. The van der Waals surface area contributed by atoms with Crippen molar-refractivity contribution in [2.75, 3.05) is 6.61 Å². The van der Waals surface area contributed by atoms with E-state index in [0.29, 0.717) is 24.6 Å². The minimum Gasteiger partial charge on any atom is -0.493 e. The SMILES string of the molecule is CCC(CC)COc1ccc(Br)cc1Cn1nc(C)c2cc(C(C)=O)cnc21. The lowest BCUT2D eigenvalue weighted by atomic mass is 10.1. The number of benzene rings is 1. The number of ether oxygens (including phenoxy) is 1. The zero-order chi connectivity index (χ0) is 20.3. The van der Waals surface area contributed by atoms with E-state index in [1.165, 1.54) is 0 Å². The number of ketones is 1. The lowest BCUT2D eigenvalue weighted by Crippen LogP contribution is -2.12. The van der Waals surface area contributed by atoms with Gasteiger partial charge in [0.2, 0.25) is 0 Å². The maximum Gasteiger partial charge on any atom is 0.161 e. The first-order valence-electron chi connectivity index (χ1n) is 9.68. The Kier molecular flexibility index (Phi) is 6.50. The van der Waals surface area contributed by atoms with E-state index in [2.05, 4.69) is 45.9 Å². The van der Waals surface area contributed by atoms with Gasteiger partial charge in [0.1, 0.15) is 5.75 Å². The maximum absolute atomic E-state index is 11.7. The van der Waals surface area contributed by atoms with Crippen LogP contribution in [0.3, 0.4) is 0 Å². The van der Waals surface area contributed by atoms with Gasteiger partial charge in [-0.1, -0.05) is 42.6 Å². The number of fused-ring (bicyclic) bond motifs is 1. The number of hydrogen-bond donors (Lipinski definition) is 0. The number of aromatic nitrogens is 3. The van der Waals surface area contributed by atoms with Gasteiger partial charge < -0.3 is 4.74 Å². The summed E-state index contributed by atoms with van der Waals surface area (Å²) in [5.41, 5.74) is 3.28. The Morgan fingerprint density at radius 3 is 2.68 bits per heavy atom. The molecule has 0 unspecified atom stereocenters. The van der Waals surface area contributed by atoms with E-state index < -0.39 is 0 Å². The topological polar surface area (TPSA) is 57.0 Å². The van der Waals surface area contributed by atoms with E-state index in [1.54, 1.807) is 13.1 Å². The molecule has 28 heavy (non-hydrogen) atoms. The van der Waals surface area contributed by atoms with Gasteiger partial charge in [-0.3, -0.25) is 4.79 Å². The molecule has 3 rings (SSSR count). The molecule has 2 aromatic heterocycles. The second kappa shape index (κ2) is 8.86. The first kappa shape index (κ1) is 20.5. The molecule has 0 radical (unpaired) electrons. The van der Waals surface area contributed by atoms with E-state index in [9.17, 15) is 4.79 Å². The smallest absolute Gasteiger partial charge is 0.161 e. The monoisotopic (exact) mass is 443 g/mol. The second-order valence-corrected chi connectivity index (χ2v) is 8.06. The van der Waals surface area contributed by atoms with Crippen LogP contribution in [0.5, 0.6) is 5.75 Å². The molecular weight excluding hydrogens is 418 g/mol. The van der Waals surface area contributed by atoms with Crippen molar-refractivity contribution >= 4 is 32.7 Å². The summed E-state index contributed by atoms with van der Waals surface area (Å²) in [6.07, 6.45) is 3.83. The van der Waals surface area contributed by atoms with Crippen molar-refractivity contribution in [3.05, 3.63) is 51.8 Å². The standard InChI is InChI=1S/C22H26BrN3O2/c1-5-16(6-2)13-28-21-8-7-19(23)9-18(21)12-26-22-20(14(3)25-26)10-17(11-24-22)15(4)27/h7-11,16H,5-6,12-13H2,1-4H3. The van der Waals surface area contributed by atoms with Gasteiger partial charge >= 0.3 is 0 Å². The van der Waals surface area contributed by atoms with Crippen molar-refractivity contribution in [1.29, 1.82) is 0 Å². The summed E-state index contributed by atoms with van der Waals surface area (Å²) in [5, 5.41) is 5.56. The van der Waals surface area contributed by atoms with Crippen LogP contribution in [-0.4, -0.2) is 27.2 Å². The first-order valence-corrected chi connectivity index (χ1v) is 10.5. The Morgan fingerprint density at radius 2 is 2.00 bits per heavy atom. The molecule has 2 heterocycles. The van der Waals surface area contributed by atoms with E-state index >= 15 is 0 Å². The van der Waals surface area contributed by atoms with Crippen LogP contribution in [0.15, 0.2) is 34.9 Å².